The van der Waals surface area contributed by atoms with E-state index in [1.807, 2.05) is 6.92 Å². The second-order valence-corrected chi connectivity index (χ2v) is 5.25. The van der Waals surface area contributed by atoms with E-state index in [2.05, 4.69) is 0 Å². The molecule has 0 aliphatic carbocycles. The summed E-state index contributed by atoms with van der Waals surface area (Å²) in [6.07, 6.45) is 0.105. The number of likely N-dealkylation sites (tertiary alicyclic amines) is 1. The molecule has 0 radical (unpaired) electrons. The molecule has 2 atom stereocenters. The van der Waals surface area contributed by atoms with Crippen LogP contribution in [0.1, 0.15) is 13.3 Å². The zero-order valence-corrected chi connectivity index (χ0v) is 11.8. The van der Waals surface area contributed by atoms with Crippen LogP contribution in [0.5, 0.6) is 5.75 Å². The zero-order valence-electron chi connectivity index (χ0n) is 11.8. The average molecular weight is 295 g/mol. The van der Waals surface area contributed by atoms with Crippen molar-refractivity contribution in [3.63, 3.8) is 0 Å². The molecular weight excluding hydrogens is 277 g/mol. The minimum Gasteiger partial charge on any atom is -0.490 e. The summed E-state index contributed by atoms with van der Waals surface area (Å²) in [7, 11) is 0. The van der Waals surface area contributed by atoms with E-state index in [0.717, 1.165) is 0 Å². The largest absolute Gasteiger partial charge is 0.490 e. The Balaban J connectivity index is 1.81. The van der Waals surface area contributed by atoms with Crippen LogP contribution in [0.15, 0.2) is 24.3 Å². The molecule has 1 saturated heterocycles. The number of hydrogen-bond donors (Lipinski definition) is 1. The average Bonchev–Trinajstić information content (AvgIpc) is 2.83. The molecule has 1 heterocycles. The number of nitrogens with zero attached hydrogens (tertiary/aromatic N) is 1. The van der Waals surface area contributed by atoms with Crippen LogP contribution >= 0.6 is 0 Å². The number of amides is 1. The molecule has 0 unspecified atom stereocenters. The van der Waals surface area contributed by atoms with Crippen LogP contribution in [0.25, 0.3) is 0 Å². The van der Waals surface area contributed by atoms with Crippen LogP contribution in [-0.2, 0) is 9.59 Å². The van der Waals surface area contributed by atoms with Gasteiger partial charge in [0.1, 0.15) is 0 Å². The lowest BCUT2D eigenvalue weighted by atomic mass is 9.99. The Morgan fingerprint density at radius 2 is 2.10 bits per heavy atom. The van der Waals surface area contributed by atoms with Gasteiger partial charge in [0.25, 0.3) is 0 Å². The number of benzene rings is 1. The van der Waals surface area contributed by atoms with Gasteiger partial charge in [-0.25, -0.2) is 4.39 Å². The van der Waals surface area contributed by atoms with Crippen molar-refractivity contribution in [2.45, 2.75) is 13.3 Å². The van der Waals surface area contributed by atoms with Gasteiger partial charge < -0.3 is 14.7 Å². The Morgan fingerprint density at radius 3 is 2.71 bits per heavy atom. The first-order valence-corrected chi connectivity index (χ1v) is 6.87. The summed E-state index contributed by atoms with van der Waals surface area (Å²) in [5.41, 5.74) is 0. The molecule has 1 aliphatic heterocycles. The number of halogens is 1. The van der Waals surface area contributed by atoms with E-state index in [1.165, 1.54) is 17.0 Å². The summed E-state index contributed by atoms with van der Waals surface area (Å²) in [5.74, 6) is -1.96. The molecule has 0 bridgehead atoms. The first kappa shape index (κ1) is 15.3. The molecular formula is C15H18FNO4. The van der Waals surface area contributed by atoms with E-state index in [0.29, 0.717) is 6.54 Å². The molecule has 114 valence electrons. The summed E-state index contributed by atoms with van der Waals surface area (Å²) in [6.45, 7) is 2.56. The molecule has 1 aromatic rings. The van der Waals surface area contributed by atoms with Crippen molar-refractivity contribution in [1.82, 2.24) is 4.90 Å². The van der Waals surface area contributed by atoms with Crippen molar-refractivity contribution >= 4 is 11.9 Å². The Kier molecular flexibility index (Phi) is 4.77. The van der Waals surface area contributed by atoms with E-state index in [9.17, 15) is 14.0 Å². The molecule has 0 aromatic heterocycles. The maximum absolute atomic E-state index is 13.3. The lowest BCUT2D eigenvalue weighted by Gasteiger charge is -2.16. The van der Waals surface area contributed by atoms with Gasteiger partial charge in [-0.3, -0.25) is 9.59 Å². The summed E-state index contributed by atoms with van der Waals surface area (Å²) < 4.78 is 18.6. The van der Waals surface area contributed by atoms with Crippen LogP contribution in [0.4, 0.5) is 4.39 Å². The van der Waals surface area contributed by atoms with Crippen molar-refractivity contribution in [3.05, 3.63) is 30.1 Å². The number of ether oxygens (including phenoxy) is 1. The van der Waals surface area contributed by atoms with Crippen molar-refractivity contribution in [2.75, 3.05) is 19.7 Å². The standard InChI is InChI=1S/C15H18FNO4/c1-10-8-17(9-11(10)15(19)20)14(18)6-7-21-13-5-3-2-4-12(13)16/h2-5,10-11H,6-9H2,1H3,(H,19,20)/t10-,11-/m1/s1. The molecule has 5 nitrogen and oxygen atoms in total. The predicted octanol–water partition coefficient (Wildman–Crippen LogP) is 1.77. The van der Waals surface area contributed by atoms with Gasteiger partial charge in [0, 0.05) is 13.1 Å². The van der Waals surface area contributed by atoms with Crippen LogP contribution in [-0.4, -0.2) is 41.6 Å². The van der Waals surface area contributed by atoms with Gasteiger partial charge in [0.2, 0.25) is 5.91 Å². The van der Waals surface area contributed by atoms with E-state index in [1.54, 1.807) is 12.1 Å². The molecule has 0 spiro atoms. The smallest absolute Gasteiger partial charge is 0.308 e. The highest BCUT2D eigenvalue weighted by Crippen LogP contribution is 2.23. The maximum Gasteiger partial charge on any atom is 0.308 e. The third-order valence-corrected chi connectivity index (χ3v) is 3.69. The molecule has 0 saturated carbocycles. The van der Waals surface area contributed by atoms with Gasteiger partial charge in [-0.1, -0.05) is 19.1 Å². The van der Waals surface area contributed by atoms with Gasteiger partial charge in [0.05, 0.1) is 18.9 Å². The van der Waals surface area contributed by atoms with Gasteiger partial charge in [-0.05, 0) is 18.1 Å². The number of carbonyl (C=O) groups excluding carboxylic acids is 1. The SMILES string of the molecule is C[C@@H]1CN(C(=O)CCOc2ccccc2F)C[C@H]1C(=O)O. The van der Waals surface area contributed by atoms with Crippen molar-refractivity contribution in [2.24, 2.45) is 11.8 Å². The number of carboxylic acid groups (broad SMARTS) is 1. The number of aliphatic carboxylic acids is 1. The Bertz CT molecular complexity index is 534. The van der Waals surface area contributed by atoms with Crippen molar-refractivity contribution < 1.29 is 23.8 Å². The van der Waals surface area contributed by atoms with E-state index in [-0.39, 0.29) is 37.1 Å². The zero-order chi connectivity index (χ0) is 15.4. The third kappa shape index (κ3) is 3.71. The third-order valence-electron chi connectivity index (χ3n) is 3.69. The normalized spacial score (nSPS) is 21.3. The van der Waals surface area contributed by atoms with E-state index < -0.39 is 17.7 Å². The lowest BCUT2D eigenvalue weighted by molar-refractivity contribution is -0.142. The van der Waals surface area contributed by atoms with Crippen molar-refractivity contribution in [1.29, 1.82) is 0 Å². The number of rotatable bonds is 5. The van der Waals surface area contributed by atoms with Gasteiger partial charge in [-0.15, -0.1) is 0 Å². The highest BCUT2D eigenvalue weighted by atomic mass is 19.1. The molecule has 1 aliphatic rings. The van der Waals surface area contributed by atoms with Gasteiger partial charge in [0.15, 0.2) is 11.6 Å². The molecule has 1 N–H and O–H groups in total. The number of para-hydroxylation sites is 1. The topological polar surface area (TPSA) is 66.8 Å². The first-order valence-electron chi connectivity index (χ1n) is 6.87. The minimum absolute atomic E-state index is 0.0565. The quantitative estimate of drug-likeness (QED) is 0.899. The molecule has 1 fully saturated rings. The van der Waals surface area contributed by atoms with Crippen LogP contribution in [0.3, 0.4) is 0 Å². The fraction of sp³-hybridized carbons (Fsp3) is 0.467. The fourth-order valence-electron chi connectivity index (χ4n) is 2.46. The molecule has 21 heavy (non-hydrogen) atoms. The first-order chi connectivity index (χ1) is 9.99. The molecule has 1 amide bonds. The van der Waals surface area contributed by atoms with Crippen LogP contribution in [0, 0.1) is 17.7 Å². The summed E-state index contributed by atoms with van der Waals surface area (Å²) in [6, 6.07) is 6.00. The van der Waals surface area contributed by atoms with Crippen molar-refractivity contribution in [3.8, 4) is 5.75 Å². The lowest BCUT2D eigenvalue weighted by Crippen LogP contribution is -2.30. The summed E-state index contributed by atoms with van der Waals surface area (Å²) in [4.78, 5) is 24.5. The van der Waals surface area contributed by atoms with Crippen LogP contribution < -0.4 is 4.74 Å². The summed E-state index contributed by atoms with van der Waals surface area (Å²) in [5, 5.41) is 9.03. The maximum atomic E-state index is 13.3. The molecule has 1 aromatic carbocycles. The highest BCUT2D eigenvalue weighted by molar-refractivity contribution is 5.79. The second-order valence-electron chi connectivity index (χ2n) is 5.25. The predicted molar refractivity (Wildman–Crippen MR) is 73.4 cm³/mol. The van der Waals surface area contributed by atoms with Gasteiger partial charge in [-0.2, -0.15) is 0 Å². The van der Waals surface area contributed by atoms with Crippen LogP contribution in [0.2, 0.25) is 0 Å². The Labute approximate surface area is 122 Å². The Morgan fingerprint density at radius 1 is 1.38 bits per heavy atom. The van der Waals surface area contributed by atoms with E-state index >= 15 is 0 Å². The Hall–Kier alpha value is -2.11. The number of carbonyl (C=O) groups is 2. The highest BCUT2D eigenvalue weighted by Gasteiger charge is 2.36. The minimum atomic E-state index is -0.875. The van der Waals surface area contributed by atoms with Gasteiger partial charge >= 0.3 is 5.97 Å². The molecule has 6 heteroatoms. The fourth-order valence-corrected chi connectivity index (χ4v) is 2.46. The summed E-state index contributed by atoms with van der Waals surface area (Å²) >= 11 is 0. The van der Waals surface area contributed by atoms with E-state index in [4.69, 9.17) is 9.84 Å². The molecule has 2 rings (SSSR count). The number of carboxylic acids is 1. The monoisotopic (exact) mass is 295 g/mol. The second kappa shape index (κ2) is 6.56. The number of hydrogen-bond acceptors (Lipinski definition) is 3.